The zero-order chi connectivity index (χ0) is 13.4. The van der Waals surface area contributed by atoms with Gasteiger partial charge in [0.05, 0.1) is 6.10 Å². The largest absolute Gasteiger partial charge is 0.393 e. The first-order valence-corrected chi connectivity index (χ1v) is 6.59. The summed E-state index contributed by atoms with van der Waals surface area (Å²) in [4.78, 5) is 11.6. The van der Waals surface area contributed by atoms with Crippen LogP contribution in [0.25, 0.3) is 0 Å². The fourth-order valence-corrected chi connectivity index (χ4v) is 1.80. The summed E-state index contributed by atoms with van der Waals surface area (Å²) < 4.78 is 0. The normalized spacial score (nSPS) is 13.9. The Hall–Kier alpha value is -1.35. The minimum absolute atomic E-state index is 0.0680. The summed E-state index contributed by atoms with van der Waals surface area (Å²) in [6.45, 7) is 4.41. The lowest BCUT2D eigenvalue weighted by Crippen LogP contribution is -2.26. The lowest BCUT2D eigenvalue weighted by molar-refractivity contribution is -0.121. The van der Waals surface area contributed by atoms with Crippen molar-refractivity contribution in [3.8, 4) is 0 Å². The lowest BCUT2D eigenvalue weighted by atomic mass is 9.96. The van der Waals surface area contributed by atoms with Gasteiger partial charge in [-0.1, -0.05) is 37.3 Å². The Kier molecular flexibility index (Phi) is 6.44. The first-order chi connectivity index (χ1) is 8.59. The quantitative estimate of drug-likeness (QED) is 0.780. The van der Waals surface area contributed by atoms with E-state index in [1.807, 2.05) is 18.2 Å². The predicted octanol–water partition coefficient (Wildman–Crippen LogP) is 2.46. The molecule has 2 unspecified atom stereocenters. The summed E-state index contributed by atoms with van der Waals surface area (Å²) in [5.74, 6) is 0.465. The van der Waals surface area contributed by atoms with Crippen LogP contribution in [0, 0.1) is 0 Å². The first kappa shape index (κ1) is 14.7. The minimum atomic E-state index is -0.353. The first-order valence-electron chi connectivity index (χ1n) is 6.59. The average molecular weight is 249 g/mol. The molecule has 1 amide bonds. The number of carbonyl (C=O) groups excluding carboxylic acids is 1. The third-order valence-electron chi connectivity index (χ3n) is 3.06. The van der Waals surface area contributed by atoms with Crippen LogP contribution < -0.4 is 5.32 Å². The molecule has 100 valence electrons. The maximum atomic E-state index is 11.6. The summed E-state index contributed by atoms with van der Waals surface area (Å²) >= 11 is 0. The highest BCUT2D eigenvalue weighted by molar-refractivity contribution is 5.75. The SMILES string of the molecule is CC(O)CCNC(=O)CCC(C)c1ccccc1. The Balaban J connectivity index is 2.22. The summed E-state index contributed by atoms with van der Waals surface area (Å²) in [6, 6.07) is 10.2. The van der Waals surface area contributed by atoms with E-state index in [0.29, 0.717) is 25.3 Å². The number of rotatable bonds is 7. The molecule has 0 aliphatic carbocycles. The van der Waals surface area contributed by atoms with E-state index in [1.54, 1.807) is 6.92 Å². The van der Waals surface area contributed by atoms with E-state index in [1.165, 1.54) is 5.56 Å². The molecule has 0 bridgehead atoms. The molecule has 1 aromatic carbocycles. The molecule has 0 spiro atoms. The molecule has 0 aliphatic heterocycles. The smallest absolute Gasteiger partial charge is 0.220 e. The van der Waals surface area contributed by atoms with Gasteiger partial charge in [0.15, 0.2) is 0 Å². The number of hydrogen-bond acceptors (Lipinski definition) is 2. The van der Waals surface area contributed by atoms with Crippen molar-refractivity contribution in [2.75, 3.05) is 6.54 Å². The number of aliphatic hydroxyl groups excluding tert-OH is 1. The maximum Gasteiger partial charge on any atom is 0.220 e. The highest BCUT2D eigenvalue weighted by Crippen LogP contribution is 2.19. The van der Waals surface area contributed by atoms with Crippen LogP contribution in [0.1, 0.15) is 44.6 Å². The van der Waals surface area contributed by atoms with E-state index in [-0.39, 0.29) is 12.0 Å². The molecule has 0 saturated carbocycles. The van der Waals surface area contributed by atoms with E-state index in [4.69, 9.17) is 5.11 Å². The minimum Gasteiger partial charge on any atom is -0.393 e. The van der Waals surface area contributed by atoms with Gasteiger partial charge in [-0.05, 0) is 31.2 Å². The molecule has 0 aliphatic rings. The van der Waals surface area contributed by atoms with E-state index < -0.39 is 0 Å². The van der Waals surface area contributed by atoms with E-state index in [9.17, 15) is 4.79 Å². The van der Waals surface area contributed by atoms with Crippen LogP contribution in [-0.2, 0) is 4.79 Å². The molecule has 0 heterocycles. The topological polar surface area (TPSA) is 49.3 Å². The van der Waals surface area contributed by atoms with Crippen molar-refractivity contribution in [1.82, 2.24) is 5.32 Å². The Morgan fingerprint density at radius 1 is 1.22 bits per heavy atom. The van der Waals surface area contributed by atoms with Gasteiger partial charge in [0.2, 0.25) is 5.91 Å². The highest BCUT2D eigenvalue weighted by atomic mass is 16.3. The van der Waals surface area contributed by atoms with Crippen LogP contribution in [0.4, 0.5) is 0 Å². The van der Waals surface area contributed by atoms with Gasteiger partial charge >= 0.3 is 0 Å². The Bertz CT molecular complexity index is 349. The number of aliphatic hydroxyl groups is 1. The van der Waals surface area contributed by atoms with Gasteiger partial charge in [0, 0.05) is 13.0 Å². The van der Waals surface area contributed by atoms with Crippen molar-refractivity contribution in [1.29, 1.82) is 0 Å². The molecule has 18 heavy (non-hydrogen) atoms. The number of carbonyl (C=O) groups is 1. The van der Waals surface area contributed by atoms with Crippen LogP contribution >= 0.6 is 0 Å². The van der Waals surface area contributed by atoms with E-state index in [0.717, 1.165) is 6.42 Å². The monoisotopic (exact) mass is 249 g/mol. The second-order valence-electron chi connectivity index (χ2n) is 4.84. The zero-order valence-corrected chi connectivity index (χ0v) is 11.2. The van der Waals surface area contributed by atoms with Crippen molar-refractivity contribution in [3.05, 3.63) is 35.9 Å². The van der Waals surface area contributed by atoms with Crippen molar-refractivity contribution >= 4 is 5.91 Å². The molecule has 0 saturated heterocycles. The molecule has 2 atom stereocenters. The van der Waals surface area contributed by atoms with Crippen molar-refractivity contribution in [2.45, 2.75) is 45.1 Å². The molecule has 3 heteroatoms. The maximum absolute atomic E-state index is 11.6. The van der Waals surface area contributed by atoms with Gasteiger partial charge in [0.1, 0.15) is 0 Å². The van der Waals surface area contributed by atoms with E-state index in [2.05, 4.69) is 24.4 Å². The summed E-state index contributed by atoms with van der Waals surface area (Å²) in [7, 11) is 0. The standard InChI is InChI=1S/C15H23NO2/c1-12(14-6-4-3-5-7-14)8-9-15(18)16-11-10-13(2)17/h3-7,12-13,17H,8-11H2,1-2H3,(H,16,18). The fourth-order valence-electron chi connectivity index (χ4n) is 1.80. The van der Waals surface area contributed by atoms with Crippen LogP contribution in [0.2, 0.25) is 0 Å². The molecule has 0 aromatic heterocycles. The second-order valence-corrected chi connectivity index (χ2v) is 4.84. The summed E-state index contributed by atoms with van der Waals surface area (Å²) in [5.41, 5.74) is 1.27. The van der Waals surface area contributed by atoms with Crippen LogP contribution in [0.3, 0.4) is 0 Å². The third-order valence-corrected chi connectivity index (χ3v) is 3.06. The van der Waals surface area contributed by atoms with Gasteiger partial charge in [-0.3, -0.25) is 4.79 Å². The molecular formula is C15H23NO2. The molecule has 2 N–H and O–H groups in total. The van der Waals surface area contributed by atoms with Crippen LogP contribution in [0.15, 0.2) is 30.3 Å². The summed E-state index contributed by atoms with van der Waals surface area (Å²) in [5, 5.41) is 11.9. The van der Waals surface area contributed by atoms with Gasteiger partial charge in [-0.25, -0.2) is 0 Å². The predicted molar refractivity (Wildman–Crippen MR) is 73.4 cm³/mol. The molecule has 0 radical (unpaired) electrons. The van der Waals surface area contributed by atoms with Crippen molar-refractivity contribution < 1.29 is 9.90 Å². The van der Waals surface area contributed by atoms with Gasteiger partial charge in [-0.15, -0.1) is 0 Å². The molecule has 1 aromatic rings. The third kappa shape index (κ3) is 5.82. The number of amides is 1. The molecule has 0 fully saturated rings. The second kappa shape index (κ2) is 7.88. The highest BCUT2D eigenvalue weighted by Gasteiger charge is 2.08. The van der Waals surface area contributed by atoms with Crippen molar-refractivity contribution in [2.24, 2.45) is 0 Å². The van der Waals surface area contributed by atoms with E-state index >= 15 is 0 Å². The van der Waals surface area contributed by atoms with Gasteiger partial charge in [-0.2, -0.15) is 0 Å². The van der Waals surface area contributed by atoms with Gasteiger partial charge < -0.3 is 10.4 Å². The number of nitrogens with one attached hydrogen (secondary N) is 1. The number of benzene rings is 1. The Morgan fingerprint density at radius 2 is 1.89 bits per heavy atom. The number of hydrogen-bond donors (Lipinski definition) is 2. The van der Waals surface area contributed by atoms with Crippen LogP contribution in [0.5, 0.6) is 0 Å². The molecule has 3 nitrogen and oxygen atoms in total. The fraction of sp³-hybridized carbons (Fsp3) is 0.533. The average Bonchev–Trinajstić information content (AvgIpc) is 2.36. The summed E-state index contributed by atoms with van der Waals surface area (Å²) in [6.07, 6.45) is 1.65. The zero-order valence-electron chi connectivity index (χ0n) is 11.2. The molecular weight excluding hydrogens is 226 g/mol. The Morgan fingerprint density at radius 3 is 2.50 bits per heavy atom. The van der Waals surface area contributed by atoms with Crippen molar-refractivity contribution in [3.63, 3.8) is 0 Å². The molecule has 1 rings (SSSR count). The lowest BCUT2D eigenvalue weighted by Gasteiger charge is -2.12. The van der Waals surface area contributed by atoms with Gasteiger partial charge in [0.25, 0.3) is 0 Å². The Labute approximate surface area is 109 Å². The van der Waals surface area contributed by atoms with Crippen LogP contribution in [-0.4, -0.2) is 23.7 Å².